The number of esters is 1. The molecule has 0 radical (unpaired) electrons. The molecule has 0 amide bonds. The van der Waals surface area contributed by atoms with E-state index >= 15 is 0 Å². The van der Waals surface area contributed by atoms with Crippen LogP contribution in [0.3, 0.4) is 0 Å². The van der Waals surface area contributed by atoms with Gasteiger partial charge >= 0.3 is 5.97 Å². The Morgan fingerprint density at radius 1 is 1.50 bits per heavy atom. The smallest absolute Gasteiger partial charge is 0.341 e. The van der Waals surface area contributed by atoms with Gasteiger partial charge in [0.25, 0.3) is 0 Å². The van der Waals surface area contributed by atoms with Crippen LogP contribution >= 0.6 is 22.6 Å². The molecule has 0 spiro atoms. The largest absolute Gasteiger partial charge is 0.465 e. The minimum atomic E-state index is -0.864. The molecule has 2 nitrogen and oxygen atoms in total. The summed E-state index contributed by atoms with van der Waals surface area (Å²) in [5, 5.41) is 0. The second kappa shape index (κ2) is 4.20. The van der Waals surface area contributed by atoms with Gasteiger partial charge in [0.1, 0.15) is 11.4 Å². The molecule has 0 fully saturated rings. The highest BCUT2D eigenvalue weighted by atomic mass is 127. The van der Waals surface area contributed by atoms with Crippen LogP contribution in [-0.2, 0) is 4.74 Å². The van der Waals surface area contributed by atoms with Gasteiger partial charge in [-0.2, -0.15) is 0 Å². The molecule has 0 unspecified atom stereocenters. The highest BCUT2D eigenvalue weighted by molar-refractivity contribution is 14.1. The first-order chi connectivity index (χ1) is 6.49. The van der Waals surface area contributed by atoms with E-state index < -0.39 is 17.6 Å². The normalized spacial score (nSPS) is 10.1. The summed E-state index contributed by atoms with van der Waals surface area (Å²) in [6, 6.07) is 1.04. The molecule has 0 heterocycles. The zero-order valence-corrected chi connectivity index (χ0v) is 9.69. The Balaban J connectivity index is 3.47. The second-order valence-corrected chi connectivity index (χ2v) is 3.81. The second-order valence-electron chi connectivity index (χ2n) is 2.65. The van der Waals surface area contributed by atoms with Crippen molar-refractivity contribution in [2.24, 2.45) is 0 Å². The molecule has 0 N–H and O–H groups in total. The van der Waals surface area contributed by atoms with E-state index in [1.54, 1.807) is 22.6 Å². The van der Waals surface area contributed by atoms with Gasteiger partial charge < -0.3 is 4.74 Å². The zero-order chi connectivity index (χ0) is 10.9. The summed E-state index contributed by atoms with van der Waals surface area (Å²) in [4.78, 5) is 11.1. The molecule has 1 aromatic carbocycles. The number of carbonyl (C=O) groups is 1. The Bertz CT molecular complexity index is 365. The highest BCUT2D eigenvalue weighted by Crippen LogP contribution is 2.22. The van der Waals surface area contributed by atoms with Gasteiger partial charge in [-0.15, -0.1) is 0 Å². The fourth-order valence-electron chi connectivity index (χ4n) is 1.03. The Labute approximate surface area is 93.4 Å². The molecule has 14 heavy (non-hydrogen) atoms. The summed E-state index contributed by atoms with van der Waals surface area (Å²) in [6.45, 7) is 1.33. The van der Waals surface area contributed by atoms with Gasteiger partial charge in [0.05, 0.1) is 10.7 Å². The molecule has 1 rings (SSSR count). The lowest BCUT2D eigenvalue weighted by molar-refractivity contribution is 0.0593. The van der Waals surface area contributed by atoms with Crippen molar-refractivity contribution in [3.8, 4) is 0 Å². The lowest BCUT2D eigenvalue weighted by Gasteiger charge is -2.07. The van der Waals surface area contributed by atoms with Crippen molar-refractivity contribution in [2.45, 2.75) is 6.92 Å². The van der Waals surface area contributed by atoms with E-state index in [-0.39, 0.29) is 14.7 Å². The molecular formula is C9H7F2IO2. The molecule has 0 saturated carbocycles. The minimum Gasteiger partial charge on any atom is -0.465 e. The van der Waals surface area contributed by atoms with E-state index in [0.29, 0.717) is 0 Å². The van der Waals surface area contributed by atoms with Crippen LogP contribution in [0.25, 0.3) is 0 Å². The van der Waals surface area contributed by atoms with E-state index in [1.165, 1.54) is 6.92 Å². The standard InChI is InChI=1S/C9H7F2IO2/c1-4-5(10)3-6(12)8(11)7(4)9(13)14-2/h3H,1-2H3. The number of rotatable bonds is 1. The van der Waals surface area contributed by atoms with Gasteiger partial charge in [0, 0.05) is 5.56 Å². The summed E-state index contributed by atoms with van der Waals surface area (Å²) < 4.78 is 31.0. The van der Waals surface area contributed by atoms with E-state index in [9.17, 15) is 13.6 Å². The van der Waals surface area contributed by atoms with Crippen LogP contribution < -0.4 is 0 Å². The van der Waals surface area contributed by atoms with Crippen LogP contribution in [0, 0.1) is 22.1 Å². The number of hydrogen-bond donors (Lipinski definition) is 0. The molecule has 1 aromatic rings. The molecule has 0 aliphatic heterocycles. The molecule has 76 valence electrons. The molecule has 0 atom stereocenters. The molecule has 0 aliphatic rings. The van der Waals surface area contributed by atoms with Gasteiger partial charge in [-0.25, -0.2) is 13.6 Å². The first-order valence-electron chi connectivity index (χ1n) is 3.71. The number of methoxy groups -OCH3 is 1. The minimum absolute atomic E-state index is 0.0326. The maximum Gasteiger partial charge on any atom is 0.341 e. The molecular weight excluding hydrogens is 305 g/mol. The molecule has 0 bridgehead atoms. The maximum absolute atomic E-state index is 13.4. The van der Waals surface area contributed by atoms with Crippen molar-refractivity contribution in [1.29, 1.82) is 0 Å². The topological polar surface area (TPSA) is 26.3 Å². The Hall–Kier alpha value is -0.720. The van der Waals surface area contributed by atoms with Crippen molar-refractivity contribution in [3.05, 3.63) is 32.4 Å². The van der Waals surface area contributed by atoms with Crippen molar-refractivity contribution >= 4 is 28.6 Å². The number of halogens is 3. The van der Waals surface area contributed by atoms with E-state index in [0.717, 1.165) is 13.2 Å². The lowest BCUT2D eigenvalue weighted by Crippen LogP contribution is -2.10. The van der Waals surface area contributed by atoms with Gasteiger partial charge in [-0.3, -0.25) is 0 Å². The van der Waals surface area contributed by atoms with Gasteiger partial charge in [-0.05, 0) is 35.6 Å². The fraction of sp³-hybridized carbons (Fsp3) is 0.222. The summed E-state index contributed by atoms with van der Waals surface area (Å²) in [6.07, 6.45) is 0. The highest BCUT2D eigenvalue weighted by Gasteiger charge is 2.20. The predicted molar refractivity (Wildman–Crippen MR) is 55.2 cm³/mol. The zero-order valence-electron chi connectivity index (χ0n) is 7.53. The number of benzene rings is 1. The van der Waals surface area contributed by atoms with Crippen LogP contribution in [0.2, 0.25) is 0 Å². The SMILES string of the molecule is COC(=O)c1c(C)c(F)cc(I)c1F. The summed E-state index contributed by atoms with van der Waals surface area (Å²) in [7, 11) is 1.12. The Morgan fingerprint density at radius 3 is 2.57 bits per heavy atom. The van der Waals surface area contributed by atoms with E-state index in [1.807, 2.05) is 0 Å². The van der Waals surface area contributed by atoms with Gasteiger partial charge in [0.2, 0.25) is 0 Å². The van der Waals surface area contributed by atoms with Crippen LogP contribution in [0.15, 0.2) is 6.07 Å². The lowest BCUT2D eigenvalue weighted by atomic mass is 10.1. The summed E-state index contributed by atoms with van der Waals surface area (Å²) >= 11 is 1.62. The third kappa shape index (κ3) is 1.87. The van der Waals surface area contributed by atoms with Crippen molar-refractivity contribution in [2.75, 3.05) is 7.11 Å². The van der Waals surface area contributed by atoms with Crippen molar-refractivity contribution in [3.63, 3.8) is 0 Å². The van der Waals surface area contributed by atoms with Gasteiger partial charge in [0.15, 0.2) is 5.82 Å². The predicted octanol–water partition coefficient (Wildman–Crippen LogP) is 2.66. The first kappa shape index (κ1) is 11.4. The van der Waals surface area contributed by atoms with E-state index in [2.05, 4.69) is 4.74 Å². The quantitative estimate of drug-likeness (QED) is 0.453. The third-order valence-electron chi connectivity index (χ3n) is 1.81. The Kier molecular flexibility index (Phi) is 3.41. The van der Waals surface area contributed by atoms with Gasteiger partial charge in [-0.1, -0.05) is 0 Å². The molecule has 0 aliphatic carbocycles. The monoisotopic (exact) mass is 312 g/mol. The first-order valence-corrected chi connectivity index (χ1v) is 4.79. The summed E-state index contributed by atoms with van der Waals surface area (Å²) in [5.41, 5.74) is -0.369. The summed E-state index contributed by atoms with van der Waals surface area (Å²) in [5.74, 6) is -2.22. The van der Waals surface area contributed by atoms with Crippen molar-refractivity contribution < 1.29 is 18.3 Å². The van der Waals surface area contributed by atoms with Crippen LogP contribution in [-0.4, -0.2) is 13.1 Å². The van der Waals surface area contributed by atoms with Crippen LogP contribution in [0.1, 0.15) is 15.9 Å². The fourth-order valence-corrected chi connectivity index (χ4v) is 1.57. The molecule has 0 saturated heterocycles. The Morgan fingerprint density at radius 2 is 2.07 bits per heavy atom. The molecule has 5 heteroatoms. The average Bonchev–Trinajstić information content (AvgIpc) is 2.15. The maximum atomic E-state index is 13.4. The van der Waals surface area contributed by atoms with Crippen LogP contribution in [0.4, 0.5) is 8.78 Å². The number of carbonyl (C=O) groups excluding carboxylic acids is 1. The van der Waals surface area contributed by atoms with Crippen LogP contribution in [0.5, 0.6) is 0 Å². The molecule has 0 aromatic heterocycles. The number of ether oxygens (including phenoxy) is 1. The average molecular weight is 312 g/mol. The van der Waals surface area contributed by atoms with Crippen molar-refractivity contribution in [1.82, 2.24) is 0 Å². The third-order valence-corrected chi connectivity index (χ3v) is 2.59. The van der Waals surface area contributed by atoms with E-state index in [4.69, 9.17) is 0 Å². The number of hydrogen-bond acceptors (Lipinski definition) is 2.